The highest BCUT2D eigenvalue weighted by molar-refractivity contribution is 6.24. The molecule has 0 aromatic rings. The van der Waals surface area contributed by atoms with E-state index in [2.05, 4.69) is 27.7 Å². The van der Waals surface area contributed by atoms with Gasteiger partial charge in [0.1, 0.15) is 0 Å². The van der Waals surface area contributed by atoms with Crippen molar-refractivity contribution in [1.82, 2.24) is 0 Å². The lowest BCUT2D eigenvalue weighted by Crippen LogP contribution is -2.22. The summed E-state index contributed by atoms with van der Waals surface area (Å²) < 4.78 is 11.1. The quantitative estimate of drug-likeness (QED) is 0.210. The van der Waals surface area contributed by atoms with E-state index in [-0.39, 0.29) is 23.8 Å². The molecule has 0 unspecified atom stereocenters. The monoisotopic (exact) mass is 431 g/mol. The molecular weight excluding hydrogens is 390 g/mol. The first-order valence-electron chi connectivity index (χ1n) is 11.6. The molecule has 0 aromatic heterocycles. The molecule has 0 aliphatic carbocycles. The fraction of sp³-hybridized carbons (Fsp3) is 0.654. The SMILES string of the molecule is C/C=C\CC1=C(C(C)=O)C(CC(C)(C)CC)=NCC(CCOCCC)=C1C(=O)OCC. The van der Waals surface area contributed by atoms with E-state index in [1.165, 1.54) is 0 Å². The predicted octanol–water partition coefficient (Wildman–Crippen LogP) is 5.80. The maximum Gasteiger partial charge on any atom is 0.338 e. The van der Waals surface area contributed by atoms with Gasteiger partial charge in [0.2, 0.25) is 0 Å². The number of ether oxygens (including phenoxy) is 2. The van der Waals surface area contributed by atoms with Crippen LogP contribution in [0.4, 0.5) is 0 Å². The van der Waals surface area contributed by atoms with Crippen molar-refractivity contribution in [1.29, 1.82) is 0 Å². The molecule has 0 saturated heterocycles. The van der Waals surface area contributed by atoms with Crippen LogP contribution >= 0.6 is 0 Å². The van der Waals surface area contributed by atoms with Crippen LogP contribution in [-0.2, 0) is 19.1 Å². The minimum absolute atomic E-state index is 0.00404. The summed E-state index contributed by atoms with van der Waals surface area (Å²) in [5.41, 5.74) is 3.51. The van der Waals surface area contributed by atoms with Crippen LogP contribution in [0.1, 0.15) is 80.6 Å². The van der Waals surface area contributed by atoms with Crippen molar-refractivity contribution in [3.8, 4) is 0 Å². The van der Waals surface area contributed by atoms with E-state index in [1.54, 1.807) is 13.8 Å². The lowest BCUT2D eigenvalue weighted by Gasteiger charge is -2.25. The van der Waals surface area contributed by atoms with E-state index in [1.807, 2.05) is 19.1 Å². The number of allylic oxidation sites excluding steroid dienone is 3. The average molecular weight is 432 g/mol. The van der Waals surface area contributed by atoms with Crippen molar-refractivity contribution < 1.29 is 19.1 Å². The molecule has 0 atom stereocenters. The average Bonchev–Trinajstić information content (AvgIpc) is 2.86. The minimum Gasteiger partial charge on any atom is -0.462 e. The first-order chi connectivity index (χ1) is 14.7. The van der Waals surface area contributed by atoms with Gasteiger partial charge in [0.05, 0.1) is 25.3 Å². The van der Waals surface area contributed by atoms with Gasteiger partial charge in [-0.2, -0.15) is 0 Å². The van der Waals surface area contributed by atoms with Crippen LogP contribution in [-0.4, -0.2) is 43.8 Å². The Hall–Kier alpha value is -2.01. The fourth-order valence-corrected chi connectivity index (χ4v) is 3.56. The molecular formula is C26H41NO4. The number of ketones is 1. The molecule has 0 N–H and O–H groups in total. The molecule has 5 heteroatoms. The lowest BCUT2D eigenvalue weighted by molar-refractivity contribution is -0.138. The molecule has 0 spiro atoms. The zero-order chi connectivity index (χ0) is 23.4. The highest BCUT2D eigenvalue weighted by Crippen LogP contribution is 2.34. The molecule has 1 rings (SSSR count). The molecule has 1 aliphatic rings. The summed E-state index contributed by atoms with van der Waals surface area (Å²) in [6, 6.07) is 0. The minimum atomic E-state index is -0.377. The van der Waals surface area contributed by atoms with Crippen molar-refractivity contribution in [3.63, 3.8) is 0 Å². The summed E-state index contributed by atoms with van der Waals surface area (Å²) in [7, 11) is 0. The number of hydrogen-bond donors (Lipinski definition) is 0. The Morgan fingerprint density at radius 3 is 2.39 bits per heavy atom. The number of carbonyl (C=O) groups excluding carboxylic acids is 2. The van der Waals surface area contributed by atoms with Gasteiger partial charge in [-0.05, 0) is 63.0 Å². The highest BCUT2D eigenvalue weighted by atomic mass is 16.5. The van der Waals surface area contributed by atoms with Gasteiger partial charge in [-0.25, -0.2) is 4.79 Å². The number of rotatable bonds is 13. The van der Waals surface area contributed by atoms with Gasteiger partial charge in [-0.3, -0.25) is 9.79 Å². The predicted molar refractivity (Wildman–Crippen MR) is 128 cm³/mol. The van der Waals surface area contributed by atoms with Gasteiger partial charge in [0, 0.05) is 17.9 Å². The fourth-order valence-electron chi connectivity index (χ4n) is 3.56. The maximum atomic E-state index is 13.1. The highest BCUT2D eigenvalue weighted by Gasteiger charge is 2.31. The second-order valence-corrected chi connectivity index (χ2v) is 8.70. The second kappa shape index (κ2) is 13.4. The maximum absolute atomic E-state index is 13.1. The second-order valence-electron chi connectivity index (χ2n) is 8.70. The summed E-state index contributed by atoms with van der Waals surface area (Å²) in [4.78, 5) is 30.9. The summed E-state index contributed by atoms with van der Waals surface area (Å²) in [5, 5.41) is 0. The summed E-state index contributed by atoms with van der Waals surface area (Å²) >= 11 is 0. The summed E-state index contributed by atoms with van der Waals surface area (Å²) in [6.45, 7) is 15.7. The third-order valence-corrected chi connectivity index (χ3v) is 5.60. The van der Waals surface area contributed by atoms with Crippen molar-refractivity contribution in [2.45, 2.75) is 80.6 Å². The molecule has 0 aromatic carbocycles. The standard InChI is InChI=1S/C26H41NO4/c1-8-12-13-21-23(19(5)28)22(17-26(6,7)10-3)27-18-20(14-16-30-15-9-2)24(21)25(29)31-11-4/h8,12H,9-11,13-18H2,1-7H3/b12-8-. The zero-order valence-electron chi connectivity index (χ0n) is 20.6. The molecule has 0 radical (unpaired) electrons. The van der Waals surface area contributed by atoms with Crippen LogP contribution in [0.25, 0.3) is 0 Å². The van der Waals surface area contributed by atoms with Gasteiger partial charge in [0.25, 0.3) is 0 Å². The number of aliphatic imine (C=N–C) groups is 1. The van der Waals surface area contributed by atoms with Crippen molar-refractivity contribution in [2.75, 3.05) is 26.4 Å². The molecule has 0 bridgehead atoms. The molecule has 0 saturated carbocycles. The van der Waals surface area contributed by atoms with E-state index < -0.39 is 0 Å². The van der Waals surface area contributed by atoms with Crippen LogP contribution in [0.5, 0.6) is 0 Å². The van der Waals surface area contributed by atoms with Gasteiger partial charge in [-0.1, -0.05) is 46.3 Å². The van der Waals surface area contributed by atoms with Gasteiger partial charge in [-0.15, -0.1) is 0 Å². The molecule has 31 heavy (non-hydrogen) atoms. The smallest absolute Gasteiger partial charge is 0.338 e. The van der Waals surface area contributed by atoms with Gasteiger partial charge >= 0.3 is 5.97 Å². The summed E-state index contributed by atoms with van der Waals surface area (Å²) in [5.74, 6) is -0.437. The normalized spacial score (nSPS) is 15.4. The summed E-state index contributed by atoms with van der Waals surface area (Å²) in [6.07, 6.45) is 7.60. The third-order valence-electron chi connectivity index (χ3n) is 5.60. The van der Waals surface area contributed by atoms with Gasteiger partial charge in [0.15, 0.2) is 5.78 Å². The molecule has 174 valence electrons. The Kier molecular flexibility index (Phi) is 11.7. The Bertz CT molecular complexity index is 753. The van der Waals surface area contributed by atoms with Crippen LogP contribution in [0.3, 0.4) is 0 Å². The van der Waals surface area contributed by atoms with E-state index in [4.69, 9.17) is 14.5 Å². The van der Waals surface area contributed by atoms with Crippen LogP contribution in [0, 0.1) is 5.41 Å². The number of nitrogens with zero attached hydrogens (tertiary/aromatic N) is 1. The number of Topliss-reactive ketones (excluding diaryl/α,β-unsaturated/α-hetero) is 1. The van der Waals surface area contributed by atoms with Gasteiger partial charge < -0.3 is 9.47 Å². The van der Waals surface area contributed by atoms with E-state index >= 15 is 0 Å². The molecule has 1 heterocycles. The van der Waals surface area contributed by atoms with E-state index in [0.29, 0.717) is 50.2 Å². The molecule has 0 amide bonds. The Morgan fingerprint density at radius 2 is 1.84 bits per heavy atom. The Labute approximate surface area is 188 Å². The van der Waals surface area contributed by atoms with E-state index in [0.717, 1.165) is 29.7 Å². The lowest BCUT2D eigenvalue weighted by atomic mass is 9.80. The Balaban J connectivity index is 3.66. The molecule has 0 fully saturated rings. The third kappa shape index (κ3) is 8.21. The number of carbonyl (C=O) groups is 2. The van der Waals surface area contributed by atoms with E-state index in [9.17, 15) is 9.59 Å². The first kappa shape index (κ1) is 27.0. The van der Waals surface area contributed by atoms with Crippen molar-refractivity contribution in [2.24, 2.45) is 10.4 Å². The molecule has 1 aliphatic heterocycles. The van der Waals surface area contributed by atoms with Crippen molar-refractivity contribution >= 4 is 17.5 Å². The first-order valence-corrected chi connectivity index (χ1v) is 11.6. The van der Waals surface area contributed by atoms with Crippen LogP contribution in [0.2, 0.25) is 0 Å². The molecule has 5 nitrogen and oxygen atoms in total. The number of esters is 1. The van der Waals surface area contributed by atoms with Crippen LogP contribution in [0.15, 0.2) is 39.4 Å². The largest absolute Gasteiger partial charge is 0.462 e. The number of hydrogen-bond acceptors (Lipinski definition) is 5. The zero-order valence-corrected chi connectivity index (χ0v) is 20.6. The van der Waals surface area contributed by atoms with Crippen LogP contribution < -0.4 is 0 Å². The Morgan fingerprint density at radius 1 is 1.13 bits per heavy atom. The topological polar surface area (TPSA) is 65.0 Å². The van der Waals surface area contributed by atoms with Crippen molar-refractivity contribution in [3.05, 3.63) is 34.4 Å².